The highest BCUT2D eigenvalue weighted by molar-refractivity contribution is 6.32. The third-order valence-corrected chi connectivity index (χ3v) is 5.45. The zero-order chi connectivity index (χ0) is 20.8. The molecule has 0 radical (unpaired) electrons. The van der Waals surface area contributed by atoms with E-state index in [0.29, 0.717) is 34.4 Å². The zero-order valence-corrected chi connectivity index (χ0v) is 17.1. The molecule has 0 saturated carbocycles. The topological polar surface area (TPSA) is 72.3 Å². The van der Waals surface area contributed by atoms with Crippen LogP contribution in [0.15, 0.2) is 55.0 Å². The van der Waals surface area contributed by atoms with E-state index in [9.17, 15) is 4.79 Å². The second-order valence-corrected chi connectivity index (χ2v) is 7.61. The van der Waals surface area contributed by atoms with Crippen molar-refractivity contribution in [3.8, 4) is 11.5 Å². The molecule has 1 aliphatic heterocycles. The van der Waals surface area contributed by atoms with Gasteiger partial charge >= 0.3 is 0 Å². The van der Waals surface area contributed by atoms with E-state index < -0.39 is 0 Å². The molecule has 1 amide bonds. The summed E-state index contributed by atoms with van der Waals surface area (Å²) in [5.74, 6) is 1.62. The SMILES string of the molecule is CN1Cc2cccc(Oc3ccc(Nc4ncnc5ccn(C)c45)cc3Cl)c2C1=O. The maximum atomic E-state index is 12.5. The predicted octanol–water partition coefficient (Wildman–Crippen LogP) is 4.74. The Hall–Kier alpha value is -3.58. The molecule has 0 unspecified atom stereocenters. The molecule has 2 aromatic heterocycles. The molecule has 1 aliphatic rings. The predicted molar refractivity (Wildman–Crippen MR) is 116 cm³/mol. The van der Waals surface area contributed by atoms with Crippen LogP contribution in [0.4, 0.5) is 11.5 Å². The van der Waals surface area contributed by atoms with Gasteiger partial charge in [0, 0.05) is 32.5 Å². The van der Waals surface area contributed by atoms with E-state index >= 15 is 0 Å². The van der Waals surface area contributed by atoms with Gasteiger partial charge in [-0.15, -0.1) is 0 Å². The minimum absolute atomic E-state index is 0.0506. The number of rotatable bonds is 4. The van der Waals surface area contributed by atoms with Crippen molar-refractivity contribution >= 4 is 40.0 Å². The van der Waals surface area contributed by atoms with Gasteiger partial charge in [0.25, 0.3) is 5.91 Å². The lowest BCUT2D eigenvalue weighted by molar-refractivity contribution is 0.0814. The van der Waals surface area contributed by atoms with Crippen LogP contribution in [0.25, 0.3) is 11.0 Å². The summed E-state index contributed by atoms with van der Waals surface area (Å²) >= 11 is 6.49. The molecular weight excluding hydrogens is 402 g/mol. The second kappa shape index (κ2) is 7.03. The molecule has 0 fully saturated rings. The van der Waals surface area contributed by atoms with Crippen molar-refractivity contribution in [1.82, 2.24) is 19.4 Å². The molecule has 0 saturated heterocycles. The van der Waals surface area contributed by atoms with Crippen LogP contribution in [0.2, 0.25) is 5.02 Å². The van der Waals surface area contributed by atoms with Gasteiger partial charge in [0.1, 0.15) is 23.3 Å². The van der Waals surface area contributed by atoms with E-state index in [0.717, 1.165) is 22.3 Å². The number of halogens is 1. The van der Waals surface area contributed by atoms with Gasteiger partial charge in [0.15, 0.2) is 5.82 Å². The first kappa shape index (κ1) is 18.4. The Bertz CT molecular complexity index is 1300. The number of hydrogen-bond acceptors (Lipinski definition) is 5. The summed E-state index contributed by atoms with van der Waals surface area (Å²) in [6.07, 6.45) is 3.46. The Balaban J connectivity index is 1.43. The fourth-order valence-corrected chi connectivity index (χ4v) is 3.90. The van der Waals surface area contributed by atoms with Crippen LogP contribution in [-0.2, 0) is 13.6 Å². The van der Waals surface area contributed by atoms with E-state index in [1.54, 1.807) is 30.1 Å². The minimum Gasteiger partial charge on any atom is -0.455 e. The fraction of sp³-hybridized carbons (Fsp3) is 0.136. The highest BCUT2D eigenvalue weighted by Gasteiger charge is 2.28. The Labute approximate surface area is 177 Å². The van der Waals surface area contributed by atoms with Crippen LogP contribution < -0.4 is 10.1 Å². The van der Waals surface area contributed by atoms with Gasteiger partial charge in [-0.2, -0.15) is 0 Å². The summed E-state index contributed by atoms with van der Waals surface area (Å²) in [7, 11) is 3.72. The normalized spacial score (nSPS) is 13.0. The van der Waals surface area contributed by atoms with E-state index in [1.165, 1.54) is 6.33 Å². The smallest absolute Gasteiger partial charge is 0.258 e. The standard InChI is InChI=1S/C22H18ClN5O2/c1-27-9-8-16-20(27)21(25-12-24-16)26-14-6-7-17(15(23)10-14)30-18-5-3-4-13-11-28(2)22(29)19(13)18/h3-10,12H,11H2,1-2H3,(H,24,25,26). The Morgan fingerprint density at radius 2 is 1.97 bits per heavy atom. The number of ether oxygens (including phenoxy) is 1. The largest absolute Gasteiger partial charge is 0.455 e. The maximum Gasteiger partial charge on any atom is 0.258 e. The molecule has 7 nitrogen and oxygen atoms in total. The van der Waals surface area contributed by atoms with Crippen molar-refractivity contribution in [2.45, 2.75) is 6.54 Å². The fourth-order valence-electron chi connectivity index (χ4n) is 3.68. The minimum atomic E-state index is -0.0506. The number of amides is 1. The van der Waals surface area contributed by atoms with Crippen LogP contribution in [0.1, 0.15) is 15.9 Å². The molecule has 0 bridgehead atoms. The summed E-state index contributed by atoms with van der Waals surface area (Å²) < 4.78 is 7.98. The summed E-state index contributed by atoms with van der Waals surface area (Å²) in [5, 5.41) is 3.71. The molecule has 5 rings (SSSR count). The quantitative estimate of drug-likeness (QED) is 0.517. The number of carbonyl (C=O) groups is 1. The number of fused-ring (bicyclic) bond motifs is 2. The lowest BCUT2D eigenvalue weighted by Gasteiger charge is -2.13. The van der Waals surface area contributed by atoms with Crippen LogP contribution >= 0.6 is 11.6 Å². The number of benzene rings is 2. The molecule has 2 aromatic carbocycles. The number of anilines is 2. The third kappa shape index (κ3) is 3.04. The molecule has 30 heavy (non-hydrogen) atoms. The molecule has 150 valence electrons. The van der Waals surface area contributed by atoms with E-state index in [4.69, 9.17) is 16.3 Å². The summed E-state index contributed by atoms with van der Waals surface area (Å²) in [6.45, 7) is 0.578. The lowest BCUT2D eigenvalue weighted by atomic mass is 10.1. The lowest BCUT2D eigenvalue weighted by Crippen LogP contribution is -2.17. The number of hydrogen-bond donors (Lipinski definition) is 1. The summed E-state index contributed by atoms with van der Waals surface area (Å²) in [6, 6.07) is 12.9. The monoisotopic (exact) mass is 419 g/mol. The third-order valence-electron chi connectivity index (χ3n) is 5.15. The van der Waals surface area contributed by atoms with Crippen molar-refractivity contribution in [1.29, 1.82) is 0 Å². The first-order chi connectivity index (χ1) is 14.5. The van der Waals surface area contributed by atoms with Gasteiger partial charge in [-0.25, -0.2) is 9.97 Å². The van der Waals surface area contributed by atoms with Gasteiger partial charge in [-0.1, -0.05) is 23.7 Å². The van der Waals surface area contributed by atoms with Crippen LogP contribution in [0.3, 0.4) is 0 Å². The number of carbonyl (C=O) groups excluding carboxylic acids is 1. The first-order valence-corrected chi connectivity index (χ1v) is 9.77. The zero-order valence-electron chi connectivity index (χ0n) is 16.4. The number of aromatic nitrogens is 3. The Morgan fingerprint density at radius 3 is 2.80 bits per heavy atom. The maximum absolute atomic E-state index is 12.5. The highest BCUT2D eigenvalue weighted by atomic mass is 35.5. The van der Waals surface area contributed by atoms with Crippen molar-refractivity contribution in [2.24, 2.45) is 7.05 Å². The van der Waals surface area contributed by atoms with E-state index in [1.807, 2.05) is 42.1 Å². The summed E-state index contributed by atoms with van der Waals surface area (Å²) in [4.78, 5) is 22.7. The van der Waals surface area contributed by atoms with Gasteiger partial charge in [0.2, 0.25) is 0 Å². The van der Waals surface area contributed by atoms with Crippen molar-refractivity contribution in [3.63, 3.8) is 0 Å². The number of aryl methyl sites for hydroxylation is 1. The Kier molecular flexibility index (Phi) is 4.33. The van der Waals surface area contributed by atoms with Gasteiger partial charge < -0.3 is 19.5 Å². The van der Waals surface area contributed by atoms with Gasteiger partial charge in [-0.05, 0) is 35.9 Å². The van der Waals surface area contributed by atoms with Crippen molar-refractivity contribution in [3.05, 3.63) is 71.1 Å². The molecule has 0 aliphatic carbocycles. The van der Waals surface area contributed by atoms with E-state index in [-0.39, 0.29) is 5.91 Å². The average molecular weight is 420 g/mol. The van der Waals surface area contributed by atoms with Crippen molar-refractivity contribution < 1.29 is 9.53 Å². The molecule has 1 N–H and O–H groups in total. The van der Waals surface area contributed by atoms with E-state index in [2.05, 4.69) is 15.3 Å². The molecule has 0 atom stereocenters. The van der Waals surface area contributed by atoms with Gasteiger partial charge in [-0.3, -0.25) is 4.79 Å². The average Bonchev–Trinajstić information content (AvgIpc) is 3.25. The Morgan fingerprint density at radius 1 is 1.10 bits per heavy atom. The highest BCUT2D eigenvalue weighted by Crippen LogP contribution is 2.37. The molecule has 0 spiro atoms. The van der Waals surface area contributed by atoms with Gasteiger partial charge in [0.05, 0.1) is 16.1 Å². The first-order valence-electron chi connectivity index (χ1n) is 9.39. The molecule has 4 aromatic rings. The molecular formula is C22H18ClN5O2. The van der Waals surface area contributed by atoms with Crippen LogP contribution in [0, 0.1) is 0 Å². The van der Waals surface area contributed by atoms with Crippen LogP contribution in [-0.4, -0.2) is 32.4 Å². The molecule has 3 heterocycles. The second-order valence-electron chi connectivity index (χ2n) is 7.21. The van der Waals surface area contributed by atoms with Crippen LogP contribution in [0.5, 0.6) is 11.5 Å². The molecule has 8 heteroatoms. The summed E-state index contributed by atoms with van der Waals surface area (Å²) in [5.41, 5.74) is 4.06. The number of nitrogens with one attached hydrogen (secondary N) is 1. The number of nitrogens with zero attached hydrogens (tertiary/aromatic N) is 4. The van der Waals surface area contributed by atoms with Crippen molar-refractivity contribution in [2.75, 3.05) is 12.4 Å².